The fourth-order valence-electron chi connectivity index (χ4n) is 2.95. The summed E-state index contributed by atoms with van der Waals surface area (Å²) in [4.78, 5) is 27.4. The standard InChI is InChI=1S/C17H19NO3S3/c1-11(19)12-4-5-13(23-12)14-6-7-15(24-14)17(10-16(20)18-21)8-2-3-9-22-17/h4-7,21H,2-3,8-10H2,1H3,(H,18,20)/t17-/m0/s1. The maximum atomic E-state index is 11.8. The maximum Gasteiger partial charge on any atom is 0.245 e. The van der Waals surface area contributed by atoms with Crippen LogP contribution >= 0.6 is 34.4 Å². The summed E-state index contributed by atoms with van der Waals surface area (Å²) in [6.45, 7) is 1.58. The van der Waals surface area contributed by atoms with Gasteiger partial charge in [0.15, 0.2) is 5.78 Å². The largest absolute Gasteiger partial charge is 0.294 e. The molecule has 0 unspecified atom stereocenters. The molecule has 0 aliphatic carbocycles. The number of hydrogen-bond donors (Lipinski definition) is 2. The predicted octanol–water partition coefficient (Wildman–Crippen LogP) is 4.69. The molecule has 1 saturated heterocycles. The fraction of sp³-hybridized carbons (Fsp3) is 0.412. The van der Waals surface area contributed by atoms with Gasteiger partial charge in [-0.2, -0.15) is 0 Å². The Balaban J connectivity index is 1.90. The van der Waals surface area contributed by atoms with Gasteiger partial charge in [0.1, 0.15) is 0 Å². The van der Waals surface area contributed by atoms with Crippen molar-refractivity contribution in [1.29, 1.82) is 0 Å². The lowest BCUT2D eigenvalue weighted by Crippen LogP contribution is -2.32. The Morgan fingerprint density at radius 1 is 1.17 bits per heavy atom. The summed E-state index contributed by atoms with van der Waals surface area (Å²) in [7, 11) is 0. The summed E-state index contributed by atoms with van der Waals surface area (Å²) in [6.07, 6.45) is 3.48. The van der Waals surface area contributed by atoms with Gasteiger partial charge in [-0.05, 0) is 49.8 Å². The molecule has 4 nitrogen and oxygen atoms in total. The number of nitrogens with one attached hydrogen (secondary N) is 1. The Hall–Kier alpha value is -1.15. The van der Waals surface area contributed by atoms with Crippen molar-refractivity contribution in [2.24, 2.45) is 0 Å². The molecule has 2 N–H and O–H groups in total. The van der Waals surface area contributed by atoms with Crippen LogP contribution in [0.1, 0.15) is 47.2 Å². The predicted molar refractivity (Wildman–Crippen MR) is 100 cm³/mol. The molecule has 0 spiro atoms. The second-order valence-electron chi connectivity index (χ2n) is 5.90. The second kappa shape index (κ2) is 7.39. The van der Waals surface area contributed by atoms with Crippen LogP contribution in [0, 0.1) is 0 Å². The van der Waals surface area contributed by atoms with Crippen LogP contribution in [-0.4, -0.2) is 22.7 Å². The van der Waals surface area contributed by atoms with Crippen molar-refractivity contribution in [3.63, 3.8) is 0 Å². The van der Waals surface area contributed by atoms with Gasteiger partial charge in [-0.25, -0.2) is 5.48 Å². The van der Waals surface area contributed by atoms with Crippen LogP contribution in [0.25, 0.3) is 9.75 Å². The van der Waals surface area contributed by atoms with E-state index in [1.165, 1.54) is 16.2 Å². The number of carbonyl (C=O) groups is 2. The van der Waals surface area contributed by atoms with Crippen LogP contribution < -0.4 is 5.48 Å². The van der Waals surface area contributed by atoms with Crippen molar-refractivity contribution in [3.8, 4) is 9.75 Å². The zero-order valence-corrected chi connectivity index (χ0v) is 15.8. The minimum absolute atomic E-state index is 0.0851. The first-order valence-electron chi connectivity index (χ1n) is 7.82. The molecular weight excluding hydrogens is 362 g/mol. The van der Waals surface area contributed by atoms with Gasteiger partial charge in [-0.3, -0.25) is 14.8 Å². The second-order valence-corrected chi connectivity index (χ2v) is 9.54. The highest BCUT2D eigenvalue weighted by Crippen LogP contribution is 2.51. The molecule has 1 aliphatic heterocycles. The van der Waals surface area contributed by atoms with E-state index in [0.717, 1.165) is 39.6 Å². The Bertz CT molecular complexity index is 744. The minimum Gasteiger partial charge on any atom is -0.294 e. The highest BCUT2D eigenvalue weighted by molar-refractivity contribution is 8.00. The third kappa shape index (κ3) is 3.59. The van der Waals surface area contributed by atoms with E-state index in [2.05, 4.69) is 12.1 Å². The first kappa shape index (κ1) is 17.7. The molecule has 0 radical (unpaired) electrons. The van der Waals surface area contributed by atoms with Gasteiger partial charge in [-0.1, -0.05) is 6.42 Å². The number of carbonyl (C=O) groups excluding carboxylic acids is 2. The van der Waals surface area contributed by atoms with Crippen LogP contribution in [0.15, 0.2) is 24.3 Å². The average Bonchev–Trinajstić information content (AvgIpc) is 3.25. The van der Waals surface area contributed by atoms with Crippen LogP contribution in [0.4, 0.5) is 0 Å². The molecule has 0 bridgehead atoms. The highest BCUT2D eigenvalue weighted by atomic mass is 32.2. The maximum absolute atomic E-state index is 11.8. The van der Waals surface area contributed by atoms with Crippen LogP contribution in [0.3, 0.4) is 0 Å². The molecule has 1 amide bonds. The van der Waals surface area contributed by atoms with Gasteiger partial charge in [0.25, 0.3) is 0 Å². The Labute approximate surface area is 153 Å². The molecule has 128 valence electrons. The summed E-state index contributed by atoms with van der Waals surface area (Å²) >= 11 is 5.01. The van der Waals surface area contributed by atoms with Gasteiger partial charge >= 0.3 is 0 Å². The zero-order valence-electron chi connectivity index (χ0n) is 13.3. The number of Topliss-reactive ketones (excluding diaryl/α,β-unsaturated/α-hetero) is 1. The number of ketones is 1. The number of rotatable bonds is 5. The van der Waals surface area contributed by atoms with E-state index in [4.69, 9.17) is 5.21 Å². The molecule has 1 aliphatic rings. The van der Waals surface area contributed by atoms with E-state index in [0.29, 0.717) is 0 Å². The average molecular weight is 382 g/mol. The van der Waals surface area contributed by atoms with Crippen LogP contribution in [0.2, 0.25) is 0 Å². The van der Waals surface area contributed by atoms with Crippen molar-refractivity contribution >= 4 is 46.1 Å². The van der Waals surface area contributed by atoms with Gasteiger partial charge in [0.05, 0.1) is 9.62 Å². The smallest absolute Gasteiger partial charge is 0.245 e. The normalized spacial score (nSPS) is 20.8. The van der Waals surface area contributed by atoms with Gasteiger partial charge in [0, 0.05) is 21.1 Å². The zero-order chi connectivity index (χ0) is 17.2. The number of thiophene rings is 2. The summed E-state index contributed by atoms with van der Waals surface area (Å²) in [5.41, 5.74) is 1.78. The molecule has 3 rings (SSSR count). The van der Waals surface area contributed by atoms with Crippen molar-refractivity contribution in [1.82, 2.24) is 5.48 Å². The van der Waals surface area contributed by atoms with Crippen LogP contribution in [-0.2, 0) is 9.54 Å². The van der Waals surface area contributed by atoms with Gasteiger partial charge in [0.2, 0.25) is 5.91 Å². The van der Waals surface area contributed by atoms with E-state index >= 15 is 0 Å². The third-order valence-corrected chi connectivity index (χ3v) is 8.59. The third-order valence-electron chi connectivity index (χ3n) is 4.18. The molecule has 24 heavy (non-hydrogen) atoms. The molecular formula is C17H19NO3S3. The number of hydrogen-bond acceptors (Lipinski definition) is 6. The van der Waals surface area contributed by atoms with Crippen molar-refractivity contribution < 1.29 is 14.8 Å². The molecule has 0 aromatic carbocycles. The molecule has 7 heteroatoms. The number of amides is 1. The summed E-state index contributed by atoms with van der Waals surface area (Å²) < 4.78 is -0.255. The van der Waals surface area contributed by atoms with Crippen LogP contribution in [0.5, 0.6) is 0 Å². The summed E-state index contributed by atoms with van der Waals surface area (Å²) in [5, 5.41) is 8.93. The van der Waals surface area contributed by atoms with Crippen molar-refractivity contribution in [3.05, 3.63) is 34.0 Å². The molecule has 2 aromatic heterocycles. The van der Waals surface area contributed by atoms with Crippen molar-refractivity contribution in [2.75, 3.05) is 5.75 Å². The molecule has 0 saturated carbocycles. The Kier molecular flexibility index (Phi) is 5.44. The molecule has 1 fully saturated rings. The van der Waals surface area contributed by atoms with Gasteiger partial charge < -0.3 is 0 Å². The van der Waals surface area contributed by atoms with E-state index in [1.54, 1.807) is 23.7 Å². The van der Waals surface area contributed by atoms with E-state index in [9.17, 15) is 9.59 Å². The minimum atomic E-state index is -0.339. The monoisotopic (exact) mass is 381 g/mol. The topological polar surface area (TPSA) is 66.4 Å². The highest BCUT2D eigenvalue weighted by Gasteiger charge is 2.38. The van der Waals surface area contributed by atoms with E-state index in [1.807, 2.05) is 23.9 Å². The lowest BCUT2D eigenvalue weighted by molar-refractivity contribution is -0.129. The quantitative estimate of drug-likeness (QED) is 0.448. The Morgan fingerprint density at radius 3 is 2.54 bits per heavy atom. The Morgan fingerprint density at radius 2 is 1.92 bits per heavy atom. The van der Waals surface area contributed by atoms with E-state index in [-0.39, 0.29) is 22.9 Å². The van der Waals surface area contributed by atoms with Gasteiger partial charge in [-0.15, -0.1) is 34.4 Å². The fourth-order valence-corrected chi connectivity index (χ4v) is 6.83. The molecule has 1 atom stereocenters. The molecule has 2 aromatic rings. The lowest BCUT2D eigenvalue weighted by Gasteiger charge is -2.35. The first-order chi connectivity index (χ1) is 11.5. The summed E-state index contributed by atoms with van der Waals surface area (Å²) in [6, 6.07) is 8.02. The first-order valence-corrected chi connectivity index (χ1v) is 10.4. The van der Waals surface area contributed by atoms with E-state index < -0.39 is 0 Å². The lowest BCUT2D eigenvalue weighted by atomic mass is 9.94. The number of thioether (sulfide) groups is 1. The summed E-state index contributed by atoms with van der Waals surface area (Å²) in [5.74, 6) is 0.774. The van der Waals surface area contributed by atoms with Crippen molar-refractivity contribution in [2.45, 2.75) is 37.4 Å². The SMILES string of the molecule is CC(=O)c1ccc(-c2ccc([C@@]3(CC(=O)NO)CCCCS3)s2)s1. The number of hydroxylamine groups is 1. The molecule has 3 heterocycles.